The first kappa shape index (κ1) is 20.7. The van der Waals surface area contributed by atoms with E-state index in [1.54, 1.807) is 29.1 Å². The van der Waals surface area contributed by atoms with Crippen molar-refractivity contribution in [3.05, 3.63) is 58.7 Å². The van der Waals surface area contributed by atoms with Crippen molar-refractivity contribution in [2.24, 2.45) is 10.9 Å². The zero-order chi connectivity index (χ0) is 23.4. The molecule has 2 aliphatic carbocycles. The van der Waals surface area contributed by atoms with Gasteiger partial charge in [-0.2, -0.15) is 10.2 Å². The van der Waals surface area contributed by atoms with Crippen molar-refractivity contribution in [2.45, 2.75) is 45.6 Å². The molecule has 0 spiro atoms. The van der Waals surface area contributed by atoms with Gasteiger partial charge in [-0.15, -0.1) is 0 Å². The molecule has 34 heavy (non-hydrogen) atoms. The van der Waals surface area contributed by atoms with E-state index in [1.165, 1.54) is 25.0 Å². The molecule has 8 nitrogen and oxygen atoms in total. The van der Waals surface area contributed by atoms with Gasteiger partial charge < -0.3 is 5.32 Å². The van der Waals surface area contributed by atoms with E-state index >= 15 is 0 Å². The molecule has 0 atom stereocenters. The molecule has 172 valence electrons. The van der Waals surface area contributed by atoms with Crippen LogP contribution in [-0.4, -0.2) is 37.4 Å². The number of aromatic nitrogens is 4. The summed E-state index contributed by atoms with van der Waals surface area (Å²) in [6, 6.07) is 6.32. The molecule has 2 aromatic heterocycles. The standard InChI is InChI=1S/C25H24FN7O/c1-14-23-19(8-9-20(23)34)30-33(14)22-12-21(27)29-25-18(10-11-28-22)24(16-4-6-17(26)7-5-16)31-32(25)13-15-2-3-15/h4-7,11-12,15H,2-3,8-10,13H2,1H3,(H2,27,29)/b22-12+,28-11-. The maximum Gasteiger partial charge on any atom is 0.166 e. The van der Waals surface area contributed by atoms with Crippen molar-refractivity contribution >= 4 is 29.5 Å². The molecular weight excluding hydrogens is 433 g/mol. The van der Waals surface area contributed by atoms with Gasteiger partial charge in [0.15, 0.2) is 11.6 Å². The molecule has 1 saturated carbocycles. The molecule has 2 N–H and O–H groups in total. The van der Waals surface area contributed by atoms with Gasteiger partial charge in [-0.25, -0.2) is 18.7 Å². The van der Waals surface area contributed by atoms with Crippen molar-refractivity contribution in [1.29, 1.82) is 5.41 Å². The van der Waals surface area contributed by atoms with Gasteiger partial charge in [0.25, 0.3) is 0 Å². The molecular formula is C25H24FN7O. The summed E-state index contributed by atoms with van der Waals surface area (Å²) >= 11 is 0. The van der Waals surface area contributed by atoms with Crippen LogP contribution in [0.3, 0.4) is 0 Å². The van der Waals surface area contributed by atoms with Gasteiger partial charge >= 0.3 is 0 Å². The van der Waals surface area contributed by atoms with Crippen LogP contribution >= 0.6 is 0 Å². The Morgan fingerprint density at radius 3 is 2.71 bits per heavy atom. The molecule has 3 aliphatic rings. The largest absolute Gasteiger partial charge is 0.325 e. The maximum atomic E-state index is 13.5. The van der Waals surface area contributed by atoms with Gasteiger partial charge in [0.2, 0.25) is 0 Å². The third-order valence-electron chi connectivity index (χ3n) is 6.62. The predicted molar refractivity (Wildman–Crippen MR) is 128 cm³/mol. The quantitative estimate of drug-likeness (QED) is 0.612. The fourth-order valence-electron chi connectivity index (χ4n) is 4.70. The van der Waals surface area contributed by atoms with E-state index < -0.39 is 0 Å². The van der Waals surface area contributed by atoms with E-state index in [2.05, 4.69) is 15.4 Å². The number of amidine groups is 1. The summed E-state index contributed by atoms with van der Waals surface area (Å²) in [5.41, 5.74) is 4.70. The molecule has 3 aromatic rings. The molecule has 1 aliphatic heterocycles. The number of carbonyl (C=O) groups excluding carboxylic acids is 1. The number of fused-ring (bicyclic) bond motifs is 2. The third kappa shape index (κ3) is 3.57. The Bertz CT molecular complexity index is 1390. The first-order valence-electron chi connectivity index (χ1n) is 11.6. The lowest BCUT2D eigenvalue weighted by Gasteiger charge is -2.10. The third-order valence-corrected chi connectivity index (χ3v) is 6.62. The number of halogens is 1. The van der Waals surface area contributed by atoms with Gasteiger partial charge in [-0.05, 0) is 56.4 Å². The van der Waals surface area contributed by atoms with E-state index in [1.807, 2.05) is 11.6 Å². The van der Waals surface area contributed by atoms with Crippen LogP contribution in [0.4, 0.5) is 10.2 Å². The molecule has 0 radical (unpaired) electrons. The van der Waals surface area contributed by atoms with Gasteiger partial charge in [0, 0.05) is 42.8 Å². The van der Waals surface area contributed by atoms with Crippen LogP contribution < -0.4 is 5.32 Å². The van der Waals surface area contributed by atoms with Gasteiger partial charge in [0.1, 0.15) is 17.5 Å². The molecule has 0 saturated heterocycles. The second-order valence-electron chi connectivity index (χ2n) is 9.11. The van der Waals surface area contributed by atoms with Gasteiger partial charge in [0.05, 0.1) is 22.6 Å². The van der Waals surface area contributed by atoms with Gasteiger partial charge in [-0.1, -0.05) is 0 Å². The summed E-state index contributed by atoms with van der Waals surface area (Å²) in [5.74, 6) is 1.79. The fourth-order valence-corrected chi connectivity index (χ4v) is 4.70. The van der Waals surface area contributed by atoms with Crippen molar-refractivity contribution in [3.63, 3.8) is 0 Å². The van der Waals surface area contributed by atoms with E-state index in [4.69, 9.17) is 10.5 Å². The Labute approximate surface area is 195 Å². The Morgan fingerprint density at radius 1 is 1.18 bits per heavy atom. The number of ketones is 1. The Morgan fingerprint density at radius 2 is 1.97 bits per heavy atom. The summed E-state index contributed by atoms with van der Waals surface area (Å²) in [5, 5.41) is 21.3. The van der Waals surface area contributed by atoms with Crippen molar-refractivity contribution < 1.29 is 9.18 Å². The lowest BCUT2D eigenvalue weighted by molar-refractivity contribution is 0.0993. The minimum Gasteiger partial charge on any atom is -0.325 e. The monoisotopic (exact) mass is 457 g/mol. The maximum absolute atomic E-state index is 13.5. The molecule has 6 rings (SSSR count). The highest BCUT2D eigenvalue weighted by Gasteiger charge is 2.29. The number of nitrogens with one attached hydrogen (secondary N) is 2. The number of carbonyl (C=O) groups is 1. The molecule has 1 fully saturated rings. The minimum absolute atomic E-state index is 0.108. The normalized spacial score (nSPS) is 20.0. The Kier molecular flexibility index (Phi) is 4.79. The molecule has 0 amide bonds. The predicted octanol–water partition coefficient (Wildman–Crippen LogP) is 4.25. The first-order chi connectivity index (χ1) is 16.5. The van der Waals surface area contributed by atoms with Crippen LogP contribution in [0.25, 0.3) is 17.1 Å². The molecule has 0 bridgehead atoms. The summed E-state index contributed by atoms with van der Waals surface area (Å²) in [6.45, 7) is 2.63. The average Bonchev–Trinajstić information content (AvgIpc) is 3.32. The average molecular weight is 458 g/mol. The van der Waals surface area contributed by atoms with Crippen LogP contribution in [0.2, 0.25) is 0 Å². The first-order valence-corrected chi connectivity index (χ1v) is 11.6. The highest BCUT2D eigenvalue weighted by atomic mass is 19.1. The van der Waals surface area contributed by atoms with E-state index in [0.29, 0.717) is 36.6 Å². The van der Waals surface area contributed by atoms with E-state index in [-0.39, 0.29) is 17.4 Å². The fraction of sp³-hybridized carbons (Fsp3) is 0.320. The number of rotatable bonds is 4. The smallest absolute Gasteiger partial charge is 0.166 e. The zero-order valence-electron chi connectivity index (χ0n) is 18.8. The SMILES string of the molecule is Cc1c2c(nn1C1=C/C(=N)Nc3c(c(-c4ccc(F)cc4)nn3CC3CC3)C/C=N\1)CCC2=O. The Hall–Kier alpha value is -3.88. The summed E-state index contributed by atoms with van der Waals surface area (Å²) in [7, 11) is 0. The number of hydrogen-bond donors (Lipinski definition) is 2. The summed E-state index contributed by atoms with van der Waals surface area (Å²) in [6.07, 6.45) is 7.36. The van der Waals surface area contributed by atoms with E-state index in [0.717, 1.165) is 40.6 Å². The lowest BCUT2D eigenvalue weighted by Crippen LogP contribution is -2.15. The number of hydrogen-bond acceptors (Lipinski definition) is 5. The van der Waals surface area contributed by atoms with Crippen molar-refractivity contribution in [2.75, 3.05) is 5.32 Å². The molecule has 1 aromatic carbocycles. The van der Waals surface area contributed by atoms with Crippen LogP contribution in [0.1, 0.15) is 46.6 Å². The number of aliphatic imine (C=N–C) groups is 1. The molecule has 9 heteroatoms. The molecule has 3 heterocycles. The molecule has 0 unspecified atom stereocenters. The Balaban J connectivity index is 1.41. The van der Waals surface area contributed by atoms with Crippen LogP contribution in [0, 0.1) is 24.1 Å². The minimum atomic E-state index is -0.295. The summed E-state index contributed by atoms with van der Waals surface area (Å²) in [4.78, 5) is 16.9. The highest BCUT2D eigenvalue weighted by molar-refractivity contribution is 6.06. The zero-order valence-corrected chi connectivity index (χ0v) is 18.8. The summed E-state index contributed by atoms with van der Waals surface area (Å²) < 4.78 is 17.1. The lowest BCUT2D eigenvalue weighted by atomic mass is 10.1. The van der Waals surface area contributed by atoms with Gasteiger partial charge in [-0.3, -0.25) is 10.2 Å². The second-order valence-corrected chi connectivity index (χ2v) is 9.11. The highest BCUT2D eigenvalue weighted by Crippen LogP contribution is 2.36. The number of anilines is 1. The number of Topliss-reactive ketones (excluding diaryl/α,β-unsaturated/α-hetero) is 1. The van der Waals surface area contributed by atoms with Crippen LogP contribution in [-0.2, 0) is 19.4 Å². The van der Waals surface area contributed by atoms with Crippen molar-refractivity contribution in [3.8, 4) is 11.3 Å². The van der Waals surface area contributed by atoms with E-state index in [9.17, 15) is 9.18 Å². The number of aryl methyl sites for hydroxylation is 1. The van der Waals surface area contributed by atoms with Crippen molar-refractivity contribution in [1.82, 2.24) is 19.6 Å². The van der Waals surface area contributed by atoms with Crippen LogP contribution in [0.15, 0.2) is 35.3 Å². The second kappa shape index (κ2) is 7.86. The number of nitrogens with zero attached hydrogens (tertiary/aromatic N) is 5. The topological polar surface area (TPSA) is 101 Å². The number of benzene rings is 1. The van der Waals surface area contributed by atoms with Crippen LogP contribution in [0.5, 0.6) is 0 Å².